The number of benzene rings is 2. The number of nitrogens with zero attached hydrogens (tertiary/aromatic N) is 1. The van der Waals surface area contributed by atoms with Crippen molar-refractivity contribution in [3.8, 4) is 11.1 Å². The first-order valence-electron chi connectivity index (χ1n) is 8.86. The molecule has 0 saturated carbocycles. The fraction of sp³-hybridized carbons (Fsp3) is 0.0435. The van der Waals surface area contributed by atoms with Crippen LogP contribution in [0.4, 0.5) is 0 Å². The van der Waals surface area contributed by atoms with Gasteiger partial charge in [-0.2, -0.15) is 0 Å². The van der Waals surface area contributed by atoms with Crippen LogP contribution in [0.25, 0.3) is 16.6 Å². The van der Waals surface area contributed by atoms with Gasteiger partial charge in [0.15, 0.2) is 0 Å². The predicted molar refractivity (Wildman–Crippen MR) is 113 cm³/mol. The van der Waals surface area contributed by atoms with Gasteiger partial charge in [-0.15, -0.1) is 0 Å². The molecule has 2 aromatic carbocycles. The van der Waals surface area contributed by atoms with Crippen molar-refractivity contribution in [2.45, 2.75) is 6.54 Å². The lowest BCUT2D eigenvalue weighted by Crippen LogP contribution is -2.31. The van der Waals surface area contributed by atoms with Crippen molar-refractivity contribution in [1.82, 2.24) is 9.72 Å². The molecule has 0 aliphatic carbocycles. The van der Waals surface area contributed by atoms with Crippen LogP contribution in [-0.2, 0) is 11.3 Å². The first-order valence-corrected chi connectivity index (χ1v) is 9.65. The molecule has 4 nitrogen and oxygen atoms in total. The maximum absolute atomic E-state index is 13.0. The zero-order valence-electron chi connectivity index (χ0n) is 14.9. The number of rotatable bonds is 5. The van der Waals surface area contributed by atoms with Crippen LogP contribution >= 0.6 is 15.9 Å². The third kappa shape index (κ3) is 3.62. The summed E-state index contributed by atoms with van der Waals surface area (Å²) in [4.78, 5) is 25.7. The summed E-state index contributed by atoms with van der Waals surface area (Å²) in [6.07, 6.45) is 1.80. The van der Waals surface area contributed by atoms with Gasteiger partial charge in [-0.1, -0.05) is 64.5 Å². The number of Topliss-reactive ketones (excluding diaryl/α,β-unsaturated/α-hetero) is 1. The molecule has 4 rings (SSSR count). The number of carbonyl (C=O) groups excluding carboxylic acids is 2. The third-order valence-corrected chi connectivity index (χ3v) is 5.08. The number of ketones is 1. The van der Waals surface area contributed by atoms with Crippen LogP contribution in [0.1, 0.15) is 16.1 Å². The fourth-order valence-electron chi connectivity index (χ4n) is 3.17. The molecule has 0 fully saturated rings. The van der Waals surface area contributed by atoms with Gasteiger partial charge >= 0.3 is 0 Å². The zero-order chi connectivity index (χ0) is 19.5. The molecular weight excluding hydrogens is 416 g/mol. The van der Waals surface area contributed by atoms with Crippen molar-refractivity contribution < 1.29 is 9.59 Å². The van der Waals surface area contributed by atoms with E-state index in [2.05, 4.69) is 21.2 Å². The molecule has 0 aliphatic rings. The third-order valence-electron chi connectivity index (χ3n) is 4.55. The van der Waals surface area contributed by atoms with Crippen LogP contribution in [0, 0.1) is 0 Å². The Morgan fingerprint density at radius 3 is 2.36 bits per heavy atom. The molecule has 138 valence electrons. The number of carbonyl (C=O) groups is 2. The highest BCUT2D eigenvalue weighted by Gasteiger charge is 2.24. The van der Waals surface area contributed by atoms with Gasteiger partial charge in [-0.05, 0) is 41.5 Å². The topological polar surface area (TPSA) is 50.6 Å². The van der Waals surface area contributed by atoms with Crippen LogP contribution in [0.2, 0.25) is 0 Å². The molecule has 28 heavy (non-hydrogen) atoms. The van der Waals surface area contributed by atoms with Crippen molar-refractivity contribution in [1.29, 1.82) is 0 Å². The minimum Gasteiger partial charge on any atom is -0.345 e. The Morgan fingerprint density at radius 1 is 0.893 bits per heavy atom. The molecule has 5 heteroatoms. The highest BCUT2D eigenvalue weighted by molar-refractivity contribution is 9.10. The van der Waals surface area contributed by atoms with E-state index < -0.39 is 11.7 Å². The normalized spacial score (nSPS) is 10.8. The predicted octanol–water partition coefficient (Wildman–Crippen LogP) is 4.87. The number of nitrogens with one attached hydrogen (secondary N) is 1. The van der Waals surface area contributed by atoms with Gasteiger partial charge in [0.2, 0.25) is 0 Å². The van der Waals surface area contributed by atoms with E-state index >= 15 is 0 Å². The van der Waals surface area contributed by atoms with E-state index in [-0.39, 0.29) is 0 Å². The number of pyridine rings is 1. The molecule has 0 aliphatic heterocycles. The van der Waals surface area contributed by atoms with Gasteiger partial charge in [0.1, 0.15) is 5.69 Å². The van der Waals surface area contributed by atoms with Crippen molar-refractivity contribution >= 4 is 33.1 Å². The van der Waals surface area contributed by atoms with E-state index in [0.29, 0.717) is 12.2 Å². The summed E-state index contributed by atoms with van der Waals surface area (Å²) >= 11 is 3.38. The first-order chi connectivity index (χ1) is 13.6. The van der Waals surface area contributed by atoms with Crippen LogP contribution in [0.15, 0.2) is 89.5 Å². The zero-order valence-corrected chi connectivity index (χ0v) is 16.5. The van der Waals surface area contributed by atoms with Gasteiger partial charge in [0.05, 0.1) is 0 Å². The van der Waals surface area contributed by atoms with Gasteiger partial charge in [-0.3, -0.25) is 9.59 Å². The summed E-state index contributed by atoms with van der Waals surface area (Å²) in [6.45, 7) is 0.293. The smallest absolute Gasteiger partial charge is 0.294 e. The second-order valence-electron chi connectivity index (χ2n) is 6.41. The standard InChI is InChI=1S/C23H17BrN2O2/c24-18-11-9-16(10-12-18)15-25-23(28)22(27)21-20(17-6-2-1-3-7-17)14-19-8-4-5-13-26(19)21/h1-14H,15H2,(H,25,28). The summed E-state index contributed by atoms with van der Waals surface area (Å²) < 4.78 is 2.73. The molecule has 4 aromatic rings. The Hall–Kier alpha value is -3.18. The van der Waals surface area contributed by atoms with E-state index in [1.165, 1.54) is 0 Å². The molecule has 0 atom stereocenters. The SMILES string of the molecule is O=C(NCc1ccc(Br)cc1)C(=O)c1c(-c2ccccc2)cc2ccccn12. The largest absolute Gasteiger partial charge is 0.345 e. The number of aromatic nitrogens is 1. The minimum atomic E-state index is -0.621. The molecule has 2 heterocycles. The highest BCUT2D eigenvalue weighted by Crippen LogP contribution is 2.28. The van der Waals surface area contributed by atoms with Gasteiger partial charge in [-0.25, -0.2) is 0 Å². The molecule has 0 unspecified atom stereocenters. The Morgan fingerprint density at radius 2 is 1.61 bits per heavy atom. The summed E-state index contributed by atoms with van der Waals surface area (Å²) in [6, 6.07) is 24.8. The molecular formula is C23H17BrN2O2. The second kappa shape index (κ2) is 7.82. The fourth-order valence-corrected chi connectivity index (χ4v) is 3.43. The summed E-state index contributed by atoms with van der Waals surface area (Å²) in [7, 11) is 0. The number of hydrogen-bond donors (Lipinski definition) is 1. The molecule has 0 radical (unpaired) electrons. The number of hydrogen-bond acceptors (Lipinski definition) is 2. The Bertz CT molecular complexity index is 1150. The molecule has 1 N–H and O–H groups in total. The van der Waals surface area contributed by atoms with E-state index in [9.17, 15) is 9.59 Å². The Balaban J connectivity index is 1.66. The van der Waals surface area contributed by atoms with E-state index in [1.807, 2.05) is 78.9 Å². The summed E-state index contributed by atoms with van der Waals surface area (Å²) in [5, 5.41) is 2.73. The van der Waals surface area contributed by atoms with Gasteiger partial charge in [0, 0.05) is 28.3 Å². The first kappa shape index (κ1) is 18.2. The van der Waals surface area contributed by atoms with E-state index in [4.69, 9.17) is 0 Å². The van der Waals surface area contributed by atoms with Gasteiger partial charge in [0.25, 0.3) is 11.7 Å². The molecule has 0 spiro atoms. The van der Waals surface area contributed by atoms with Crippen molar-refractivity contribution in [2.75, 3.05) is 0 Å². The molecule has 1 amide bonds. The molecule has 0 bridgehead atoms. The lowest BCUT2D eigenvalue weighted by atomic mass is 10.0. The summed E-state index contributed by atoms with van der Waals surface area (Å²) in [5.74, 6) is -1.17. The van der Waals surface area contributed by atoms with Crippen LogP contribution in [-0.4, -0.2) is 16.1 Å². The molecule has 2 aromatic heterocycles. The number of amides is 1. The van der Waals surface area contributed by atoms with E-state index in [0.717, 1.165) is 26.7 Å². The number of halogens is 1. The Labute approximate surface area is 170 Å². The quantitative estimate of drug-likeness (QED) is 0.361. The monoisotopic (exact) mass is 432 g/mol. The van der Waals surface area contributed by atoms with Crippen LogP contribution in [0.3, 0.4) is 0 Å². The number of fused-ring (bicyclic) bond motifs is 1. The highest BCUT2D eigenvalue weighted by atomic mass is 79.9. The molecule has 0 saturated heterocycles. The van der Waals surface area contributed by atoms with Crippen LogP contribution < -0.4 is 5.32 Å². The van der Waals surface area contributed by atoms with Crippen molar-refractivity contribution in [2.24, 2.45) is 0 Å². The minimum absolute atomic E-state index is 0.293. The van der Waals surface area contributed by atoms with Gasteiger partial charge < -0.3 is 9.72 Å². The lowest BCUT2D eigenvalue weighted by molar-refractivity contribution is -0.117. The average molecular weight is 433 g/mol. The lowest BCUT2D eigenvalue weighted by Gasteiger charge is -2.08. The maximum atomic E-state index is 13.0. The second-order valence-corrected chi connectivity index (χ2v) is 7.32. The van der Waals surface area contributed by atoms with Crippen LogP contribution in [0.5, 0.6) is 0 Å². The average Bonchev–Trinajstić information content (AvgIpc) is 3.13. The van der Waals surface area contributed by atoms with Crippen molar-refractivity contribution in [3.63, 3.8) is 0 Å². The maximum Gasteiger partial charge on any atom is 0.294 e. The van der Waals surface area contributed by atoms with Crippen molar-refractivity contribution in [3.05, 3.63) is 101 Å². The Kier molecular flexibility index (Phi) is 5.08. The van der Waals surface area contributed by atoms with E-state index in [1.54, 1.807) is 10.6 Å². The summed E-state index contributed by atoms with van der Waals surface area (Å²) in [5.41, 5.74) is 3.80.